The molecule has 2 heterocycles. The summed E-state index contributed by atoms with van der Waals surface area (Å²) in [5.41, 5.74) is 2.56. The summed E-state index contributed by atoms with van der Waals surface area (Å²) in [5.74, 6) is -1.10. The average Bonchev–Trinajstić information content (AvgIpc) is 3.52. The fourth-order valence-corrected chi connectivity index (χ4v) is 10.5. The predicted molar refractivity (Wildman–Crippen MR) is 199 cm³/mol. The molecule has 50 heavy (non-hydrogen) atoms. The van der Waals surface area contributed by atoms with Crippen molar-refractivity contribution in [3.63, 3.8) is 0 Å². The molecule has 2 aliphatic rings. The van der Waals surface area contributed by atoms with Crippen molar-refractivity contribution >= 4 is 53.3 Å². The Bertz CT molecular complexity index is 1850. The van der Waals surface area contributed by atoms with Crippen molar-refractivity contribution in [2.24, 2.45) is 5.92 Å². The summed E-state index contributed by atoms with van der Waals surface area (Å²) in [6, 6.07) is 31.7. The quantitative estimate of drug-likeness (QED) is 0.151. The van der Waals surface area contributed by atoms with Crippen molar-refractivity contribution in [1.29, 1.82) is 0 Å². The predicted octanol–water partition coefficient (Wildman–Crippen LogP) is 6.46. The van der Waals surface area contributed by atoms with Crippen LogP contribution in [0, 0.1) is 5.92 Å². The van der Waals surface area contributed by atoms with Crippen LogP contribution in [-0.2, 0) is 33.0 Å². The van der Waals surface area contributed by atoms with Crippen LogP contribution in [0.15, 0.2) is 108 Å². The number of ether oxygens (including phenoxy) is 1. The fraction of sp³-hybridized carbons (Fsp3) is 0.308. The van der Waals surface area contributed by atoms with Gasteiger partial charge in [-0.15, -0.1) is 0 Å². The zero-order chi connectivity index (χ0) is 35.6. The Morgan fingerprint density at radius 3 is 2.26 bits per heavy atom. The molecule has 1 spiro atoms. The summed E-state index contributed by atoms with van der Waals surface area (Å²) < 4.78 is 7.67. The standard InChI is InChI=1S/C39H42BrN3O6Si/c1-26-36(50(2,3)48)34(23-35(45)42(20-21-44)24-27-10-6-4-7-11-27)49-39(26)32-22-30(40)16-19-33(32)43(38(39)47)25-28-14-17-31(18-15-28)41-37(46)29-12-8-5-9-13-29/h4-19,22,26,34,36,44,48H,20-21,23-25H2,1-3H3,(H,41,46)/t26-,34+,36-,39+/m0/s1. The topological polar surface area (TPSA) is 119 Å². The average molecular weight is 757 g/mol. The first-order chi connectivity index (χ1) is 23.9. The van der Waals surface area contributed by atoms with Gasteiger partial charge in [0.1, 0.15) is 0 Å². The molecule has 2 aliphatic heterocycles. The summed E-state index contributed by atoms with van der Waals surface area (Å²) in [4.78, 5) is 56.3. The number of amides is 3. The van der Waals surface area contributed by atoms with Gasteiger partial charge >= 0.3 is 0 Å². The zero-order valence-corrected chi connectivity index (χ0v) is 31.0. The number of nitrogens with zero attached hydrogens (tertiary/aromatic N) is 2. The molecule has 4 aromatic rings. The lowest BCUT2D eigenvalue weighted by Gasteiger charge is -2.32. The first-order valence-corrected chi connectivity index (χ1v) is 20.6. The van der Waals surface area contributed by atoms with E-state index in [4.69, 9.17) is 4.74 Å². The van der Waals surface area contributed by atoms with Gasteiger partial charge < -0.3 is 29.8 Å². The van der Waals surface area contributed by atoms with Crippen LogP contribution >= 0.6 is 15.9 Å². The van der Waals surface area contributed by atoms with Gasteiger partial charge in [-0.2, -0.15) is 0 Å². The van der Waals surface area contributed by atoms with E-state index in [0.717, 1.165) is 15.6 Å². The fourth-order valence-electron chi connectivity index (χ4n) is 7.59. The molecule has 0 saturated carbocycles. The number of aliphatic hydroxyl groups is 1. The van der Waals surface area contributed by atoms with Crippen LogP contribution in [0.4, 0.5) is 11.4 Å². The Balaban J connectivity index is 1.27. The highest BCUT2D eigenvalue weighted by Crippen LogP contribution is 2.60. The molecule has 3 amide bonds. The van der Waals surface area contributed by atoms with Crippen molar-refractivity contribution < 1.29 is 29.0 Å². The molecule has 260 valence electrons. The van der Waals surface area contributed by atoms with Crippen LogP contribution in [-0.4, -0.2) is 60.1 Å². The Morgan fingerprint density at radius 1 is 0.960 bits per heavy atom. The Labute approximate surface area is 302 Å². The Kier molecular flexibility index (Phi) is 10.4. The van der Waals surface area contributed by atoms with Crippen LogP contribution < -0.4 is 10.2 Å². The van der Waals surface area contributed by atoms with Gasteiger partial charge in [0.05, 0.1) is 31.4 Å². The largest absolute Gasteiger partial charge is 0.432 e. The summed E-state index contributed by atoms with van der Waals surface area (Å²) in [7, 11) is -3.01. The van der Waals surface area contributed by atoms with E-state index in [1.807, 2.05) is 111 Å². The Morgan fingerprint density at radius 2 is 1.62 bits per heavy atom. The number of hydrogen-bond acceptors (Lipinski definition) is 6. The van der Waals surface area contributed by atoms with Gasteiger partial charge in [0, 0.05) is 45.8 Å². The molecule has 1 saturated heterocycles. The van der Waals surface area contributed by atoms with Crippen LogP contribution in [0.25, 0.3) is 0 Å². The number of nitrogens with one attached hydrogen (secondary N) is 1. The van der Waals surface area contributed by atoms with E-state index in [-0.39, 0.29) is 43.8 Å². The minimum atomic E-state index is -3.01. The van der Waals surface area contributed by atoms with Gasteiger partial charge in [0.2, 0.25) is 5.91 Å². The number of carbonyl (C=O) groups excluding carboxylic acids is 3. The van der Waals surface area contributed by atoms with Crippen molar-refractivity contribution in [1.82, 2.24) is 4.90 Å². The first-order valence-electron chi connectivity index (χ1n) is 16.8. The smallest absolute Gasteiger partial charge is 0.264 e. The molecule has 0 aliphatic carbocycles. The molecular formula is C39H42BrN3O6Si. The molecule has 0 aromatic heterocycles. The van der Waals surface area contributed by atoms with Gasteiger partial charge in [-0.05, 0) is 66.7 Å². The van der Waals surface area contributed by atoms with Crippen molar-refractivity contribution in [3.05, 3.63) is 130 Å². The summed E-state index contributed by atoms with van der Waals surface area (Å²) >= 11 is 3.60. The number of carbonyl (C=O) groups is 3. The van der Waals surface area contributed by atoms with E-state index in [9.17, 15) is 24.3 Å². The summed E-state index contributed by atoms with van der Waals surface area (Å²) in [6.45, 7) is 6.17. The van der Waals surface area contributed by atoms with E-state index >= 15 is 0 Å². The molecular weight excluding hydrogens is 714 g/mol. The van der Waals surface area contributed by atoms with Crippen LogP contribution in [0.1, 0.15) is 40.4 Å². The highest BCUT2D eigenvalue weighted by Gasteiger charge is 2.66. The number of aliphatic hydroxyl groups excluding tert-OH is 1. The molecule has 3 N–H and O–H groups in total. The third kappa shape index (κ3) is 7.06. The third-order valence-electron chi connectivity index (χ3n) is 9.85. The maximum atomic E-state index is 14.8. The molecule has 0 bridgehead atoms. The zero-order valence-electron chi connectivity index (χ0n) is 28.4. The molecule has 0 radical (unpaired) electrons. The molecule has 9 nitrogen and oxygen atoms in total. The van der Waals surface area contributed by atoms with E-state index in [1.54, 1.807) is 21.9 Å². The van der Waals surface area contributed by atoms with Crippen molar-refractivity contribution in [2.45, 2.75) is 56.8 Å². The third-order valence-corrected chi connectivity index (χ3v) is 12.8. The normalized spacial score (nSPS) is 21.4. The number of rotatable bonds is 11. The molecule has 4 aromatic carbocycles. The van der Waals surface area contributed by atoms with Crippen LogP contribution in [0.3, 0.4) is 0 Å². The van der Waals surface area contributed by atoms with Gasteiger partial charge in [-0.1, -0.05) is 83.5 Å². The number of benzene rings is 4. The SMILES string of the molecule is C[C@H]1[C@H]([Si](C)(C)O)[C@@H](CC(=O)N(CCO)Cc2ccccc2)O[C@]12C(=O)N(Cc1ccc(NC(=O)c3ccccc3)cc1)c1ccc(Br)cc12. The first kappa shape index (κ1) is 35.7. The van der Waals surface area contributed by atoms with Gasteiger partial charge in [0.25, 0.3) is 11.8 Å². The highest BCUT2D eigenvalue weighted by atomic mass is 79.9. The minimum Gasteiger partial charge on any atom is -0.432 e. The van der Waals surface area contributed by atoms with Gasteiger partial charge in [-0.3, -0.25) is 14.4 Å². The molecule has 1 fully saturated rings. The highest BCUT2D eigenvalue weighted by molar-refractivity contribution is 9.10. The second-order valence-corrected chi connectivity index (χ2v) is 18.5. The number of halogens is 1. The summed E-state index contributed by atoms with van der Waals surface area (Å²) in [5, 5.41) is 12.7. The van der Waals surface area contributed by atoms with Gasteiger partial charge in [-0.25, -0.2) is 0 Å². The summed E-state index contributed by atoms with van der Waals surface area (Å²) in [6.07, 6.45) is -0.753. The van der Waals surface area contributed by atoms with Crippen LogP contribution in [0.5, 0.6) is 0 Å². The second kappa shape index (κ2) is 14.6. The minimum absolute atomic E-state index is 0.0344. The molecule has 4 atom stereocenters. The lowest BCUT2D eigenvalue weighted by molar-refractivity contribution is -0.150. The van der Waals surface area contributed by atoms with Gasteiger partial charge in [0.15, 0.2) is 13.9 Å². The number of fused-ring (bicyclic) bond motifs is 2. The van der Waals surface area contributed by atoms with E-state index in [1.165, 1.54) is 0 Å². The van der Waals surface area contributed by atoms with E-state index in [2.05, 4.69) is 21.2 Å². The van der Waals surface area contributed by atoms with E-state index in [0.29, 0.717) is 29.0 Å². The molecule has 11 heteroatoms. The van der Waals surface area contributed by atoms with Crippen LogP contribution in [0.2, 0.25) is 18.6 Å². The number of anilines is 2. The van der Waals surface area contributed by atoms with Crippen molar-refractivity contribution in [2.75, 3.05) is 23.4 Å². The maximum absolute atomic E-state index is 14.8. The maximum Gasteiger partial charge on any atom is 0.264 e. The monoisotopic (exact) mass is 755 g/mol. The second-order valence-electron chi connectivity index (χ2n) is 13.7. The molecule has 0 unspecified atom stereocenters. The lowest BCUT2D eigenvalue weighted by Crippen LogP contribution is -2.46. The number of hydrogen-bond donors (Lipinski definition) is 3. The van der Waals surface area contributed by atoms with Crippen molar-refractivity contribution in [3.8, 4) is 0 Å². The van der Waals surface area contributed by atoms with E-state index < -0.39 is 31.5 Å². The lowest BCUT2D eigenvalue weighted by atomic mass is 9.82. The Hall–Kier alpha value is -4.13. The molecule has 6 rings (SSSR count).